The highest BCUT2D eigenvalue weighted by Crippen LogP contribution is 2.24. The number of amides is 1. The second-order valence-electron chi connectivity index (χ2n) is 3.82. The lowest BCUT2D eigenvalue weighted by Gasteiger charge is -2.09. The standard InChI is InChI=1S/C8H13N5O/c1-5-2-3-6(4-5)9-8(14)7-10-12-13-11-7/h5-6H,2-4H2,1H3,(H,9,14)(H,10,11,12,13). The van der Waals surface area contributed by atoms with Crippen LogP contribution in [0.5, 0.6) is 0 Å². The number of tetrazole rings is 1. The molecule has 0 radical (unpaired) electrons. The summed E-state index contributed by atoms with van der Waals surface area (Å²) in [4.78, 5) is 11.5. The van der Waals surface area contributed by atoms with Gasteiger partial charge in [0.05, 0.1) is 0 Å². The van der Waals surface area contributed by atoms with Crippen molar-refractivity contribution in [2.75, 3.05) is 0 Å². The summed E-state index contributed by atoms with van der Waals surface area (Å²) in [6, 6.07) is 0.274. The van der Waals surface area contributed by atoms with Gasteiger partial charge in [0.25, 0.3) is 11.7 Å². The molecule has 0 bridgehead atoms. The van der Waals surface area contributed by atoms with Gasteiger partial charge < -0.3 is 5.32 Å². The molecule has 1 aliphatic rings. The molecule has 1 aliphatic carbocycles. The number of hydrogen-bond acceptors (Lipinski definition) is 4. The number of carbonyl (C=O) groups is 1. The van der Waals surface area contributed by atoms with E-state index >= 15 is 0 Å². The maximum absolute atomic E-state index is 11.5. The first-order chi connectivity index (χ1) is 6.75. The number of carbonyl (C=O) groups excluding carboxylic acids is 1. The smallest absolute Gasteiger partial charge is 0.293 e. The first-order valence-corrected chi connectivity index (χ1v) is 4.80. The zero-order valence-corrected chi connectivity index (χ0v) is 8.03. The van der Waals surface area contributed by atoms with Gasteiger partial charge in [-0.2, -0.15) is 5.21 Å². The molecule has 1 heterocycles. The molecule has 76 valence electrons. The SMILES string of the molecule is CC1CCC(NC(=O)c2nn[nH]n2)C1. The predicted octanol–water partition coefficient (Wildman–Crippen LogP) is 0.118. The maximum atomic E-state index is 11.5. The summed E-state index contributed by atoms with van der Waals surface area (Å²) in [6.07, 6.45) is 3.27. The highest BCUT2D eigenvalue weighted by Gasteiger charge is 2.24. The molecular weight excluding hydrogens is 182 g/mol. The van der Waals surface area contributed by atoms with Crippen LogP contribution in [0, 0.1) is 5.92 Å². The third-order valence-electron chi connectivity index (χ3n) is 2.58. The quantitative estimate of drug-likeness (QED) is 0.702. The monoisotopic (exact) mass is 195 g/mol. The molecule has 2 unspecified atom stereocenters. The maximum Gasteiger partial charge on any atom is 0.293 e. The van der Waals surface area contributed by atoms with Crippen molar-refractivity contribution in [2.24, 2.45) is 5.92 Å². The van der Waals surface area contributed by atoms with Crippen LogP contribution in [0.1, 0.15) is 36.8 Å². The van der Waals surface area contributed by atoms with E-state index in [4.69, 9.17) is 0 Å². The number of rotatable bonds is 2. The summed E-state index contributed by atoms with van der Waals surface area (Å²) in [5.41, 5.74) is 0. The molecule has 0 aliphatic heterocycles. The lowest BCUT2D eigenvalue weighted by Crippen LogP contribution is -2.33. The van der Waals surface area contributed by atoms with Crippen molar-refractivity contribution in [2.45, 2.75) is 32.2 Å². The number of aromatic amines is 1. The van der Waals surface area contributed by atoms with E-state index in [1.807, 2.05) is 0 Å². The highest BCUT2D eigenvalue weighted by molar-refractivity contribution is 5.90. The summed E-state index contributed by atoms with van der Waals surface area (Å²) in [5.74, 6) is 0.577. The molecule has 0 spiro atoms. The lowest BCUT2D eigenvalue weighted by atomic mass is 10.1. The van der Waals surface area contributed by atoms with Crippen LogP contribution >= 0.6 is 0 Å². The van der Waals surface area contributed by atoms with Crippen LogP contribution in [-0.2, 0) is 0 Å². The molecule has 2 rings (SSSR count). The minimum absolute atomic E-state index is 0.115. The molecule has 2 atom stereocenters. The van der Waals surface area contributed by atoms with E-state index in [0.717, 1.165) is 12.8 Å². The number of nitrogens with one attached hydrogen (secondary N) is 2. The van der Waals surface area contributed by atoms with E-state index in [9.17, 15) is 4.79 Å². The molecule has 2 N–H and O–H groups in total. The van der Waals surface area contributed by atoms with Gasteiger partial charge in [-0.15, -0.1) is 10.2 Å². The third-order valence-corrected chi connectivity index (χ3v) is 2.58. The Morgan fingerprint density at radius 2 is 2.43 bits per heavy atom. The van der Waals surface area contributed by atoms with Gasteiger partial charge in [-0.05, 0) is 30.4 Å². The van der Waals surface area contributed by atoms with Gasteiger partial charge in [-0.3, -0.25) is 4.79 Å². The molecule has 14 heavy (non-hydrogen) atoms. The molecular formula is C8H13N5O. The summed E-state index contributed by atoms with van der Waals surface area (Å²) in [7, 11) is 0. The van der Waals surface area contributed by atoms with E-state index < -0.39 is 0 Å². The summed E-state index contributed by atoms with van der Waals surface area (Å²) >= 11 is 0. The fourth-order valence-corrected chi connectivity index (χ4v) is 1.85. The first kappa shape index (κ1) is 9.11. The van der Waals surface area contributed by atoms with Crippen LogP contribution in [0.2, 0.25) is 0 Å². The molecule has 6 nitrogen and oxygen atoms in total. The molecule has 0 saturated heterocycles. The van der Waals surface area contributed by atoms with Crippen molar-refractivity contribution in [1.82, 2.24) is 25.9 Å². The molecule has 1 amide bonds. The number of hydrogen-bond donors (Lipinski definition) is 2. The van der Waals surface area contributed by atoms with Gasteiger partial charge >= 0.3 is 0 Å². The van der Waals surface area contributed by atoms with Crippen LogP contribution in [0.15, 0.2) is 0 Å². The van der Waals surface area contributed by atoms with Gasteiger partial charge in [-0.1, -0.05) is 6.92 Å². The molecule has 6 heteroatoms. The topological polar surface area (TPSA) is 83.6 Å². The van der Waals surface area contributed by atoms with Gasteiger partial charge in [-0.25, -0.2) is 0 Å². The van der Waals surface area contributed by atoms with E-state index in [1.165, 1.54) is 6.42 Å². The number of nitrogens with zero attached hydrogens (tertiary/aromatic N) is 3. The Morgan fingerprint density at radius 3 is 3.00 bits per heavy atom. The van der Waals surface area contributed by atoms with E-state index in [2.05, 4.69) is 32.9 Å². The van der Waals surface area contributed by atoms with Crippen molar-refractivity contribution in [3.63, 3.8) is 0 Å². The Labute approximate surface area is 81.5 Å². The lowest BCUT2D eigenvalue weighted by molar-refractivity contribution is 0.0927. The summed E-state index contributed by atoms with van der Waals surface area (Å²) in [6.45, 7) is 2.19. The predicted molar refractivity (Wildman–Crippen MR) is 48.4 cm³/mol. The minimum atomic E-state index is -0.238. The second-order valence-corrected chi connectivity index (χ2v) is 3.82. The molecule has 1 saturated carbocycles. The number of aromatic nitrogens is 4. The van der Waals surface area contributed by atoms with Gasteiger partial charge in [0.2, 0.25) is 0 Å². The molecule has 0 aromatic carbocycles. The summed E-state index contributed by atoms with van der Waals surface area (Å²) < 4.78 is 0. The van der Waals surface area contributed by atoms with Crippen molar-refractivity contribution in [3.05, 3.63) is 5.82 Å². The van der Waals surface area contributed by atoms with Crippen molar-refractivity contribution >= 4 is 5.91 Å². The zero-order valence-electron chi connectivity index (χ0n) is 8.03. The Balaban J connectivity index is 1.89. The Morgan fingerprint density at radius 1 is 1.57 bits per heavy atom. The average Bonchev–Trinajstić information content (AvgIpc) is 2.75. The van der Waals surface area contributed by atoms with Crippen LogP contribution in [0.4, 0.5) is 0 Å². The van der Waals surface area contributed by atoms with Crippen molar-refractivity contribution in [1.29, 1.82) is 0 Å². The summed E-state index contributed by atoms with van der Waals surface area (Å²) in [5, 5.41) is 15.7. The fourth-order valence-electron chi connectivity index (χ4n) is 1.85. The van der Waals surface area contributed by atoms with Crippen molar-refractivity contribution < 1.29 is 4.79 Å². The average molecular weight is 195 g/mol. The third kappa shape index (κ3) is 1.89. The van der Waals surface area contributed by atoms with E-state index in [0.29, 0.717) is 5.92 Å². The van der Waals surface area contributed by atoms with Gasteiger partial charge in [0.1, 0.15) is 0 Å². The zero-order chi connectivity index (χ0) is 9.97. The highest BCUT2D eigenvalue weighted by atomic mass is 16.2. The second kappa shape index (κ2) is 3.73. The molecule has 1 fully saturated rings. The Hall–Kier alpha value is -1.46. The normalized spacial score (nSPS) is 26.4. The van der Waals surface area contributed by atoms with E-state index in [-0.39, 0.29) is 17.8 Å². The number of H-pyrrole nitrogens is 1. The van der Waals surface area contributed by atoms with Gasteiger partial charge in [0, 0.05) is 6.04 Å². The van der Waals surface area contributed by atoms with Gasteiger partial charge in [0.15, 0.2) is 0 Å². The Kier molecular flexibility index (Phi) is 2.43. The van der Waals surface area contributed by atoms with E-state index in [1.54, 1.807) is 0 Å². The van der Waals surface area contributed by atoms with Crippen LogP contribution < -0.4 is 5.32 Å². The van der Waals surface area contributed by atoms with Crippen LogP contribution in [-0.4, -0.2) is 32.6 Å². The Bertz CT molecular complexity index is 310. The van der Waals surface area contributed by atoms with Crippen LogP contribution in [0.3, 0.4) is 0 Å². The molecule has 1 aromatic heterocycles. The fraction of sp³-hybridized carbons (Fsp3) is 0.750. The minimum Gasteiger partial charge on any atom is -0.346 e. The first-order valence-electron chi connectivity index (χ1n) is 4.80. The van der Waals surface area contributed by atoms with Crippen molar-refractivity contribution in [3.8, 4) is 0 Å². The van der Waals surface area contributed by atoms with Crippen LogP contribution in [0.25, 0.3) is 0 Å². The largest absolute Gasteiger partial charge is 0.346 e. The molecule has 1 aromatic rings.